The lowest BCUT2D eigenvalue weighted by atomic mass is 9.96. The summed E-state index contributed by atoms with van der Waals surface area (Å²) in [6.07, 6.45) is -8.14. The van der Waals surface area contributed by atoms with E-state index in [1.54, 1.807) is 58.0 Å². The molecule has 0 saturated carbocycles. The Morgan fingerprint density at radius 1 is 0.771 bits per heavy atom. The zero-order valence-corrected chi connectivity index (χ0v) is 28.4. The maximum absolute atomic E-state index is 14.1. The van der Waals surface area contributed by atoms with Crippen LogP contribution >= 0.6 is 0 Å². The fourth-order valence-electron chi connectivity index (χ4n) is 4.91. The number of carbonyl (C=O) groups is 7. The molecule has 2 N–H and O–H groups in total. The summed E-state index contributed by atoms with van der Waals surface area (Å²) >= 11 is 0. The normalized spacial score (nSPS) is 20.9. The van der Waals surface area contributed by atoms with E-state index in [9.17, 15) is 33.6 Å². The maximum Gasteiger partial charge on any atom is 0.318 e. The van der Waals surface area contributed by atoms with E-state index in [1.807, 2.05) is 0 Å². The molecule has 1 aromatic rings. The van der Waals surface area contributed by atoms with Crippen molar-refractivity contribution in [1.82, 2.24) is 15.5 Å². The van der Waals surface area contributed by atoms with Gasteiger partial charge in [0.25, 0.3) is 0 Å². The number of benzene rings is 1. The first-order valence-electron chi connectivity index (χ1n) is 15.4. The Hall–Kier alpha value is -4.73. The molecule has 6 atom stereocenters. The highest BCUT2D eigenvalue weighted by atomic mass is 16.7. The summed E-state index contributed by atoms with van der Waals surface area (Å²) in [6.45, 7) is 10.4. The van der Waals surface area contributed by atoms with Crippen LogP contribution in [-0.4, -0.2) is 102 Å². The molecule has 48 heavy (non-hydrogen) atoms. The number of amides is 3. The van der Waals surface area contributed by atoms with Gasteiger partial charge in [0.1, 0.15) is 25.4 Å². The van der Waals surface area contributed by atoms with Gasteiger partial charge < -0.3 is 44.0 Å². The summed E-state index contributed by atoms with van der Waals surface area (Å²) in [7, 11) is 0. The molecular weight excluding hydrogens is 634 g/mol. The quantitative estimate of drug-likeness (QED) is 0.212. The van der Waals surface area contributed by atoms with E-state index < -0.39 is 97.5 Å². The van der Waals surface area contributed by atoms with Crippen molar-refractivity contribution in [2.75, 3.05) is 6.61 Å². The molecule has 16 nitrogen and oxygen atoms in total. The summed E-state index contributed by atoms with van der Waals surface area (Å²) in [5.74, 6) is -5.01. The van der Waals surface area contributed by atoms with E-state index in [4.69, 9.17) is 28.4 Å². The van der Waals surface area contributed by atoms with Crippen molar-refractivity contribution in [2.45, 2.75) is 117 Å². The standard InChI is InChI=1S/C32H45N3O13/c1-17(2)33-32(42)35(18(3)4)24(14-26(40)44-15-23-12-10-9-11-13-23)30(41)34-31-29(47-22(8)39)28(46-21(7)38)27(45-20(6)37)25(48-31)16-43-19(5)36/h9-13,17-18,24-25,27-29,31H,14-16H2,1-8H3,(H,33,42)(H,34,41)/t24?,25-,27-,28+,29-,31-/m1/s1. The lowest BCUT2D eigenvalue weighted by Gasteiger charge is -2.45. The molecule has 1 aliphatic rings. The number of ether oxygens (including phenoxy) is 6. The molecule has 1 heterocycles. The number of urea groups is 1. The predicted octanol–water partition coefficient (Wildman–Crippen LogP) is 1.52. The van der Waals surface area contributed by atoms with Gasteiger partial charge in [0.2, 0.25) is 5.91 Å². The summed E-state index contributed by atoms with van der Waals surface area (Å²) < 4.78 is 32.7. The molecule has 3 amide bonds. The number of hydrogen-bond acceptors (Lipinski definition) is 13. The highest BCUT2D eigenvalue weighted by Gasteiger charge is 2.53. The van der Waals surface area contributed by atoms with Crippen LogP contribution in [0.15, 0.2) is 30.3 Å². The second kappa shape index (κ2) is 18.6. The zero-order chi connectivity index (χ0) is 36.1. The van der Waals surface area contributed by atoms with E-state index >= 15 is 0 Å². The summed E-state index contributed by atoms with van der Waals surface area (Å²) in [5, 5.41) is 5.27. The van der Waals surface area contributed by atoms with E-state index in [2.05, 4.69) is 10.6 Å². The third-order valence-electron chi connectivity index (χ3n) is 6.72. The van der Waals surface area contributed by atoms with Crippen molar-refractivity contribution in [2.24, 2.45) is 0 Å². The Labute approximate surface area is 279 Å². The van der Waals surface area contributed by atoms with Crippen molar-refractivity contribution in [3.05, 3.63) is 35.9 Å². The Morgan fingerprint density at radius 3 is 1.85 bits per heavy atom. The molecule has 2 rings (SSSR count). The smallest absolute Gasteiger partial charge is 0.318 e. The van der Waals surface area contributed by atoms with Gasteiger partial charge in [0, 0.05) is 39.8 Å². The molecule has 0 spiro atoms. The summed E-state index contributed by atoms with van der Waals surface area (Å²) in [4.78, 5) is 89.8. The molecule has 1 fully saturated rings. The van der Waals surface area contributed by atoms with E-state index in [-0.39, 0.29) is 12.6 Å². The van der Waals surface area contributed by atoms with Crippen LogP contribution in [0.4, 0.5) is 4.79 Å². The lowest BCUT2D eigenvalue weighted by Crippen LogP contribution is -2.67. The van der Waals surface area contributed by atoms with Crippen molar-refractivity contribution < 1.29 is 62.0 Å². The average molecular weight is 680 g/mol. The van der Waals surface area contributed by atoms with Crippen LogP contribution in [-0.2, 0) is 63.8 Å². The van der Waals surface area contributed by atoms with Crippen LogP contribution in [0.3, 0.4) is 0 Å². The first kappa shape index (κ1) is 39.4. The highest BCUT2D eigenvalue weighted by Crippen LogP contribution is 2.29. The second-order valence-corrected chi connectivity index (χ2v) is 11.6. The minimum Gasteiger partial charge on any atom is -0.463 e. The Bertz CT molecular complexity index is 1300. The monoisotopic (exact) mass is 679 g/mol. The molecular formula is C32H45N3O13. The SMILES string of the molecule is CC(=O)OC[C@H]1O[C@@H](NC(=O)C(CC(=O)OCc2ccccc2)N(C(=O)NC(C)C)C(C)C)[C@H](OC(C)=O)[C@@H](OC(C)=O)[C@@H]1OC(C)=O. The van der Waals surface area contributed by atoms with Gasteiger partial charge in [-0.3, -0.25) is 28.8 Å². The molecule has 0 radical (unpaired) electrons. The molecule has 0 bridgehead atoms. The van der Waals surface area contributed by atoms with Crippen LogP contribution < -0.4 is 10.6 Å². The third-order valence-corrected chi connectivity index (χ3v) is 6.72. The van der Waals surface area contributed by atoms with Gasteiger partial charge in [-0.2, -0.15) is 0 Å². The van der Waals surface area contributed by atoms with Gasteiger partial charge >= 0.3 is 35.9 Å². The minimum absolute atomic E-state index is 0.0897. The number of rotatable bonds is 14. The Kier molecular flexibility index (Phi) is 15.3. The van der Waals surface area contributed by atoms with E-state index in [0.29, 0.717) is 5.56 Å². The summed E-state index contributed by atoms with van der Waals surface area (Å²) in [6, 6.07) is 5.75. The highest BCUT2D eigenvalue weighted by molar-refractivity contribution is 5.91. The van der Waals surface area contributed by atoms with Crippen molar-refractivity contribution >= 4 is 41.8 Å². The first-order valence-corrected chi connectivity index (χ1v) is 15.4. The van der Waals surface area contributed by atoms with E-state index in [0.717, 1.165) is 32.6 Å². The van der Waals surface area contributed by atoms with Crippen LogP contribution in [0, 0.1) is 0 Å². The fourth-order valence-corrected chi connectivity index (χ4v) is 4.91. The minimum atomic E-state index is -1.62. The Morgan fingerprint density at radius 2 is 1.33 bits per heavy atom. The topological polar surface area (TPSA) is 202 Å². The average Bonchev–Trinajstić information content (AvgIpc) is 2.97. The van der Waals surface area contributed by atoms with Crippen LogP contribution in [0.2, 0.25) is 0 Å². The van der Waals surface area contributed by atoms with E-state index in [1.165, 1.54) is 0 Å². The van der Waals surface area contributed by atoms with Gasteiger partial charge in [0.05, 0.1) is 6.42 Å². The van der Waals surface area contributed by atoms with Gasteiger partial charge in [-0.1, -0.05) is 30.3 Å². The second-order valence-electron chi connectivity index (χ2n) is 11.6. The molecule has 0 aliphatic carbocycles. The molecule has 1 saturated heterocycles. The molecule has 1 unspecified atom stereocenters. The van der Waals surface area contributed by atoms with Gasteiger partial charge in [-0.05, 0) is 33.3 Å². The first-order chi connectivity index (χ1) is 22.5. The summed E-state index contributed by atoms with van der Waals surface area (Å²) in [5.41, 5.74) is 0.697. The van der Waals surface area contributed by atoms with Crippen LogP contribution in [0.5, 0.6) is 0 Å². The zero-order valence-electron chi connectivity index (χ0n) is 28.4. The Balaban J connectivity index is 2.54. The van der Waals surface area contributed by atoms with Gasteiger partial charge in [-0.25, -0.2) is 4.79 Å². The van der Waals surface area contributed by atoms with Gasteiger partial charge in [0.15, 0.2) is 24.5 Å². The number of nitrogens with one attached hydrogen (secondary N) is 2. The fraction of sp³-hybridized carbons (Fsp3) is 0.594. The van der Waals surface area contributed by atoms with Gasteiger partial charge in [-0.15, -0.1) is 0 Å². The predicted molar refractivity (Wildman–Crippen MR) is 165 cm³/mol. The molecule has 1 aliphatic heterocycles. The number of nitrogens with zero attached hydrogens (tertiary/aromatic N) is 1. The largest absolute Gasteiger partial charge is 0.463 e. The maximum atomic E-state index is 14.1. The number of carbonyl (C=O) groups excluding carboxylic acids is 7. The molecule has 266 valence electrons. The number of esters is 5. The molecule has 1 aromatic carbocycles. The van der Waals surface area contributed by atoms with Crippen molar-refractivity contribution in [3.8, 4) is 0 Å². The van der Waals surface area contributed by atoms with Crippen LogP contribution in [0.25, 0.3) is 0 Å². The third kappa shape index (κ3) is 12.5. The molecule has 0 aromatic heterocycles. The van der Waals surface area contributed by atoms with Crippen molar-refractivity contribution in [3.63, 3.8) is 0 Å². The molecule has 16 heteroatoms. The van der Waals surface area contributed by atoms with Crippen LogP contribution in [0.1, 0.15) is 67.4 Å². The van der Waals surface area contributed by atoms with Crippen molar-refractivity contribution in [1.29, 1.82) is 0 Å². The number of hydrogen-bond donors (Lipinski definition) is 2. The lowest BCUT2D eigenvalue weighted by molar-refractivity contribution is -0.257.